The molecule has 6 nitrogen and oxygen atoms in total. The fraction of sp³-hybridized carbons (Fsp3) is 0.600. The molecule has 1 aliphatic heterocycles. The van der Waals surface area contributed by atoms with Gasteiger partial charge in [-0.3, -0.25) is 0 Å². The van der Waals surface area contributed by atoms with E-state index in [-0.39, 0.29) is 11.4 Å². The Morgan fingerprint density at radius 2 is 2.38 bits per heavy atom. The van der Waals surface area contributed by atoms with E-state index >= 15 is 0 Å². The Morgan fingerprint density at radius 1 is 1.62 bits per heavy atom. The average Bonchev–Trinajstić information content (AvgIpc) is 2.94. The van der Waals surface area contributed by atoms with Gasteiger partial charge in [-0.2, -0.15) is 0 Å². The zero-order valence-electron chi connectivity index (χ0n) is 12.9. The molecule has 0 radical (unpaired) electrons. The number of pyridine rings is 1. The summed E-state index contributed by atoms with van der Waals surface area (Å²) in [5.74, 6) is -0.235. The Morgan fingerprint density at radius 3 is 3.00 bits per heavy atom. The van der Waals surface area contributed by atoms with Gasteiger partial charge in [0.05, 0.1) is 19.0 Å². The molecule has 1 atom stereocenters. The Balaban J connectivity index is 2.09. The van der Waals surface area contributed by atoms with Crippen molar-refractivity contribution in [1.29, 1.82) is 0 Å². The monoisotopic (exact) mass is 293 g/mol. The summed E-state index contributed by atoms with van der Waals surface area (Å²) in [6.45, 7) is 6.15. The maximum absolute atomic E-state index is 11.3. The van der Waals surface area contributed by atoms with Crippen molar-refractivity contribution in [2.24, 2.45) is 5.92 Å². The van der Waals surface area contributed by atoms with Crippen LogP contribution in [-0.2, 0) is 0 Å². The number of aromatic nitrogens is 1. The molecule has 1 aliphatic rings. The first-order valence-electron chi connectivity index (χ1n) is 7.26. The summed E-state index contributed by atoms with van der Waals surface area (Å²) in [6.07, 6.45) is 2.82. The molecule has 21 heavy (non-hydrogen) atoms. The van der Waals surface area contributed by atoms with Crippen LogP contribution in [0.15, 0.2) is 12.3 Å². The van der Waals surface area contributed by atoms with E-state index in [1.807, 2.05) is 0 Å². The van der Waals surface area contributed by atoms with E-state index in [2.05, 4.69) is 28.8 Å². The number of methoxy groups -OCH3 is 1. The van der Waals surface area contributed by atoms with E-state index in [0.717, 1.165) is 38.3 Å². The minimum Gasteiger partial charge on any atom is -0.480 e. The lowest BCUT2D eigenvalue weighted by Gasteiger charge is -2.21. The van der Waals surface area contributed by atoms with Crippen LogP contribution >= 0.6 is 0 Å². The molecular weight excluding hydrogens is 270 g/mol. The zero-order chi connectivity index (χ0) is 15.4. The van der Waals surface area contributed by atoms with Gasteiger partial charge in [0, 0.05) is 19.6 Å². The highest BCUT2D eigenvalue weighted by Gasteiger charge is 2.25. The van der Waals surface area contributed by atoms with Gasteiger partial charge in [-0.25, -0.2) is 9.78 Å². The zero-order valence-corrected chi connectivity index (χ0v) is 12.9. The predicted molar refractivity (Wildman–Crippen MR) is 81.2 cm³/mol. The van der Waals surface area contributed by atoms with Crippen LogP contribution in [0.2, 0.25) is 0 Å². The van der Waals surface area contributed by atoms with Crippen molar-refractivity contribution in [3.63, 3.8) is 0 Å². The molecular formula is C15H23N3O3. The van der Waals surface area contributed by atoms with E-state index in [0.29, 0.717) is 5.92 Å². The van der Waals surface area contributed by atoms with Crippen LogP contribution in [0.25, 0.3) is 0 Å². The smallest absolute Gasteiger partial charge is 0.341 e. The maximum atomic E-state index is 11.3. The van der Waals surface area contributed by atoms with Crippen LogP contribution in [0, 0.1) is 5.92 Å². The first kappa shape index (κ1) is 15.6. The molecule has 1 aromatic heterocycles. The van der Waals surface area contributed by atoms with Crippen LogP contribution in [-0.4, -0.2) is 61.3 Å². The van der Waals surface area contributed by atoms with Crippen LogP contribution < -0.4 is 9.64 Å². The Labute approximate surface area is 125 Å². The highest BCUT2D eigenvalue weighted by Crippen LogP contribution is 2.27. The normalized spacial score (nSPS) is 18.3. The molecule has 0 spiro atoms. The van der Waals surface area contributed by atoms with Crippen molar-refractivity contribution in [2.75, 3.05) is 45.2 Å². The lowest BCUT2D eigenvalue weighted by Crippen LogP contribution is -2.28. The third-order valence-corrected chi connectivity index (χ3v) is 4.02. The summed E-state index contributed by atoms with van der Waals surface area (Å²) in [4.78, 5) is 19.9. The number of ether oxygens (including phenoxy) is 1. The van der Waals surface area contributed by atoms with Crippen LogP contribution in [0.4, 0.5) is 5.69 Å². The fourth-order valence-electron chi connectivity index (χ4n) is 2.72. The lowest BCUT2D eigenvalue weighted by molar-refractivity contribution is 0.0692. The molecule has 0 aromatic carbocycles. The van der Waals surface area contributed by atoms with Crippen molar-refractivity contribution in [3.05, 3.63) is 17.8 Å². The number of carbonyl (C=O) groups is 1. The summed E-state index contributed by atoms with van der Waals surface area (Å²) in [5.41, 5.74) is 0.971. The Kier molecular flexibility index (Phi) is 5.01. The van der Waals surface area contributed by atoms with Crippen molar-refractivity contribution < 1.29 is 14.6 Å². The van der Waals surface area contributed by atoms with Crippen molar-refractivity contribution in [1.82, 2.24) is 9.88 Å². The highest BCUT2D eigenvalue weighted by molar-refractivity contribution is 5.91. The maximum Gasteiger partial charge on any atom is 0.341 e. The molecule has 1 aromatic rings. The Bertz CT molecular complexity index is 507. The molecule has 0 bridgehead atoms. The molecule has 2 rings (SSSR count). The summed E-state index contributed by atoms with van der Waals surface area (Å²) in [5, 5.41) is 9.22. The molecule has 0 saturated carbocycles. The van der Waals surface area contributed by atoms with E-state index in [1.54, 1.807) is 12.3 Å². The third-order valence-electron chi connectivity index (χ3n) is 4.02. The molecule has 1 saturated heterocycles. The van der Waals surface area contributed by atoms with Gasteiger partial charge in [0.25, 0.3) is 0 Å². The molecule has 1 N–H and O–H groups in total. The van der Waals surface area contributed by atoms with Gasteiger partial charge in [0.1, 0.15) is 5.56 Å². The number of anilines is 1. The quantitative estimate of drug-likeness (QED) is 0.859. The first-order valence-corrected chi connectivity index (χ1v) is 7.26. The molecule has 116 valence electrons. The predicted octanol–water partition coefficient (Wildman–Crippen LogP) is 1.57. The second-order valence-electron chi connectivity index (χ2n) is 5.51. The number of nitrogens with zero attached hydrogens (tertiary/aromatic N) is 3. The van der Waals surface area contributed by atoms with E-state index in [9.17, 15) is 9.90 Å². The van der Waals surface area contributed by atoms with Gasteiger partial charge < -0.3 is 19.6 Å². The van der Waals surface area contributed by atoms with Gasteiger partial charge in [-0.05, 0) is 32.0 Å². The second-order valence-corrected chi connectivity index (χ2v) is 5.51. The van der Waals surface area contributed by atoms with E-state index < -0.39 is 5.97 Å². The molecule has 0 aliphatic carbocycles. The van der Waals surface area contributed by atoms with Crippen LogP contribution in [0.3, 0.4) is 0 Å². The summed E-state index contributed by atoms with van der Waals surface area (Å²) >= 11 is 0. The first-order chi connectivity index (χ1) is 10.0. The SMILES string of the molecule is CCN(C)CC1CCN(c2cnc(OC)c(C(=O)O)c2)C1. The fourth-order valence-corrected chi connectivity index (χ4v) is 2.72. The van der Waals surface area contributed by atoms with Crippen LogP contribution in [0.5, 0.6) is 5.88 Å². The average molecular weight is 293 g/mol. The number of rotatable bonds is 6. The second kappa shape index (κ2) is 6.76. The number of hydrogen-bond donors (Lipinski definition) is 1. The summed E-state index contributed by atoms with van der Waals surface area (Å²) in [7, 11) is 3.56. The van der Waals surface area contributed by atoms with Gasteiger partial charge in [0.2, 0.25) is 5.88 Å². The number of carboxylic acids is 1. The molecule has 0 amide bonds. The standard InChI is InChI=1S/C15H23N3O3/c1-4-17(2)9-11-5-6-18(10-11)12-7-13(15(19)20)14(21-3)16-8-12/h7-8,11H,4-6,9-10H2,1-3H3,(H,19,20). The van der Waals surface area contributed by atoms with Gasteiger partial charge in [-0.1, -0.05) is 6.92 Å². The Hall–Kier alpha value is -1.82. The number of hydrogen-bond acceptors (Lipinski definition) is 5. The van der Waals surface area contributed by atoms with Crippen molar-refractivity contribution in [3.8, 4) is 5.88 Å². The van der Waals surface area contributed by atoms with Crippen molar-refractivity contribution >= 4 is 11.7 Å². The molecule has 2 heterocycles. The molecule has 6 heteroatoms. The minimum absolute atomic E-state index is 0.115. The third kappa shape index (κ3) is 3.64. The van der Waals surface area contributed by atoms with Crippen molar-refractivity contribution in [2.45, 2.75) is 13.3 Å². The largest absolute Gasteiger partial charge is 0.480 e. The van der Waals surface area contributed by atoms with Gasteiger partial charge in [0.15, 0.2) is 0 Å². The minimum atomic E-state index is -1.01. The lowest BCUT2D eigenvalue weighted by atomic mass is 10.1. The summed E-state index contributed by atoms with van der Waals surface area (Å²) in [6, 6.07) is 1.65. The highest BCUT2D eigenvalue weighted by atomic mass is 16.5. The molecule has 1 unspecified atom stereocenters. The number of carboxylic acid groups (broad SMARTS) is 1. The summed E-state index contributed by atoms with van der Waals surface area (Å²) < 4.78 is 5.00. The van der Waals surface area contributed by atoms with Gasteiger partial charge >= 0.3 is 5.97 Å². The van der Waals surface area contributed by atoms with E-state index in [1.165, 1.54) is 7.11 Å². The van der Waals surface area contributed by atoms with Gasteiger partial charge in [-0.15, -0.1) is 0 Å². The van der Waals surface area contributed by atoms with E-state index in [4.69, 9.17) is 4.74 Å². The number of aromatic carboxylic acids is 1. The topological polar surface area (TPSA) is 65.9 Å². The molecule has 1 fully saturated rings. The van der Waals surface area contributed by atoms with Crippen LogP contribution in [0.1, 0.15) is 23.7 Å².